The molecular weight excluding hydrogens is 841 g/mol. The molecular formula is C63H40N6. The van der Waals surface area contributed by atoms with Crippen molar-refractivity contribution in [3.63, 3.8) is 0 Å². The Bertz CT molecular complexity index is 4190. The van der Waals surface area contributed by atoms with Gasteiger partial charge >= 0.3 is 0 Å². The molecule has 6 heteroatoms. The Morgan fingerprint density at radius 2 is 0.609 bits per heavy atom. The second-order valence-electron chi connectivity index (χ2n) is 17.6. The zero-order valence-electron chi connectivity index (χ0n) is 37.3. The molecule has 0 radical (unpaired) electrons. The Labute approximate surface area is 397 Å². The van der Waals surface area contributed by atoms with Crippen molar-refractivity contribution in [3.8, 4) is 62.4 Å². The van der Waals surface area contributed by atoms with E-state index >= 15 is 0 Å². The number of benzene rings is 10. The van der Waals surface area contributed by atoms with Crippen LogP contribution in [0.4, 0.5) is 0 Å². The quantitative estimate of drug-likeness (QED) is 0.160. The molecule has 0 spiro atoms. The van der Waals surface area contributed by atoms with Crippen LogP contribution in [0, 0.1) is 0 Å². The molecule has 0 aliphatic heterocycles. The van der Waals surface area contributed by atoms with Crippen LogP contribution in [0.3, 0.4) is 0 Å². The van der Waals surface area contributed by atoms with E-state index in [1.165, 1.54) is 43.4 Å². The molecule has 0 N–H and O–H groups in total. The van der Waals surface area contributed by atoms with Gasteiger partial charge in [-0.05, 0) is 83.9 Å². The zero-order chi connectivity index (χ0) is 45.4. The fraction of sp³-hybridized carbons (Fsp3) is 0. The molecule has 0 saturated heterocycles. The first kappa shape index (κ1) is 38.8. The molecule has 0 unspecified atom stereocenters. The maximum Gasteiger partial charge on any atom is 0.164 e. The number of rotatable bonds is 7. The van der Waals surface area contributed by atoms with E-state index in [4.69, 9.17) is 15.0 Å². The number of hydrogen-bond donors (Lipinski definition) is 0. The van der Waals surface area contributed by atoms with Crippen LogP contribution < -0.4 is 0 Å². The number of aromatic nitrogens is 6. The summed E-state index contributed by atoms with van der Waals surface area (Å²) in [7, 11) is 0. The molecule has 6 nitrogen and oxygen atoms in total. The highest BCUT2D eigenvalue weighted by atomic mass is 15.1. The summed E-state index contributed by atoms with van der Waals surface area (Å²) in [6.45, 7) is 0. The first-order chi connectivity index (χ1) is 34.2. The third-order valence-corrected chi connectivity index (χ3v) is 13.7. The lowest BCUT2D eigenvalue weighted by molar-refractivity contribution is 1.06. The number of para-hydroxylation sites is 5. The van der Waals surface area contributed by atoms with Gasteiger partial charge in [-0.25, -0.2) is 15.0 Å². The topological polar surface area (TPSA) is 53.5 Å². The minimum absolute atomic E-state index is 0.599. The van der Waals surface area contributed by atoms with Crippen molar-refractivity contribution in [1.29, 1.82) is 0 Å². The number of nitrogens with zero attached hydrogens (tertiary/aromatic N) is 6. The van der Waals surface area contributed by atoms with Crippen LogP contribution >= 0.6 is 0 Å². The van der Waals surface area contributed by atoms with E-state index < -0.39 is 0 Å². The molecule has 4 aromatic heterocycles. The second kappa shape index (κ2) is 15.6. The van der Waals surface area contributed by atoms with Gasteiger partial charge in [-0.2, -0.15) is 0 Å². The average molecular weight is 881 g/mol. The van der Waals surface area contributed by atoms with E-state index in [1.807, 2.05) is 36.4 Å². The molecule has 0 saturated carbocycles. The van der Waals surface area contributed by atoms with Crippen molar-refractivity contribution < 1.29 is 0 Å². The second-order valence-corrected chi connectivity index (χ2v) is 17.6. The lowest BCUT2D eigenvalue weighted by atomic mass is 10.0. The molecule has 0 fully saturated rings. The van der Waals surface area contributed by atoms with Crippen molar-refractivity contribution in [2.75, 3.05) is 0 Å². The zero-order valence-corrected chi connectivity index (χ0v) is 37.3. The van der Waals surface area contributed by atoms with E-state index in [1.54, 1.807) is 0 Å². The minimum atomic E-state index is 0.599. The van der Waals surface area contributed by atoms with Crippen molar-refractivity contribution in [2.45, 2.75) is 0 Å². The molecule has 10 aromatic carbocycles. The smallest absolute Gasteiger partial charge is 0.164 e. The average Bonchev–Trinajstić information content (AvgIpc) is 4.06. The normalized spacial score (nSPS) is 11.8. The van der Waals surface area contributed by atoms with Crippen LogP contribution in [0.5, 0.6) is 0 Å². The minimum Gasteiger partial charge on any atom is -0.309 e. The molecule has 0 bridgehead atoms. The fourth-order valence-electron chi connectivity index (χ4n) is 10.6. The van der Waals surface area contributed by atoms with Crippen molar-refractivity contribution in [3.05, 3.63) is 243 Å². The molecule has 0 atom stereocenters. The van der Waals surface area contributed by atoms with E-state index in [0.29, 0.717) is 17.5 Å². The summed E-state index contributed by atoms with van der Waals surface area (Å²) in [4.78, 5) is 15.5. The van der Waals surface area contributed by atoms with Crippen LogP contribution in [-0.2, 0) is 0 Å². The molecule has 14 rings (SSSR count). The van der Waals surface area contributed by atoms with Gasteiger partial charge in [-0.1, -0.05) is 170 Å². The van der Waals surface area contributed by atoms with E-state index in [-0.39, 0.29) is 0 Å². The van der Waals surface area contributed by atoms with Crippen molar-refractivity contribution in [1.82, 2.24) is 28.7 Å². The third kappa shape index (κ3) is 6.23. The molecule has 69 heavy (non-hydrogen) atoms. The number of fused-ring (bicyclic) bond motifs is 9. The maximum atomic E-state index is 5.22. The summed E-state index contributed by atoms with van der Waals surface area (Å²) in [5, 5.41) is 7.20. The standard InChI is InChI=1S/C63H40N6/c1-4-18-41(19-5-1)61-64-62(42-20-6-2-7-21-42)66-63(65-61)45-34-37-58(68-54-29-15-10-24-47(54)48-25-11-16-30-55(48)68)60(40-45)69-56-31-17-12-26-49(56)51-35-32-44(39-59(51)69)43-33-36-57-52(38-43)50-27-13-14-28-53(50)67(57)46-22-8-3-9-23-46/h1-40H. The largest absolute Gasteiger partial charge is 0.309 e. The van der Waals surface area contributed by atoms with Crippen LogP contribution in [-0.4, -0.2) is 28.7 Å². The lowest BCUT2D eigenvalue weighted by Crippen LogP contribution is -2.05. The Hall–Kier alpha value is -9.39. The van der Waals surface area contributed by atoms with Gasteiger partial charge in [0.25, 0.3) is 0 Å². The maximum absolute atomic E-state index is 5.22. The summed E-state index contributed by atoms with van der Waals surface area (Å²) in [6, 6.07) is 86.5. The van der Waals surface area contributed by atoms with Crippen LogP contribution in [0.1, 0.15) is 0 Å². The predicted octanol–water partition coefficient (Wildman–Crippen LogP) is 15.8. The molecule has 0 amide bonds. The molecule has 0 aliphatic rings. The Morgan fingerprint density at radius 1 is 0.217 bits per heavy atom. The van der Waals surface area contributed by atoms with E-state index in [9.17, 15) is 0 Å². The first-order valence-electron chi connectivity index (χ1n) is 23.4. The highest BCUT2D eigenvalue weighted by Gasteiger charge is 2.22. The van der Waals surface area contributed by atoms with Gasteiger partial charge < -0.3 is 13.7 Å². The van der Waals surface area contributed by atoms with E-state index in [0.717, 1.165) is 66.9 Å². The monoisotopic (exact) mass is 880 g/mol. The lowest BCUT2D eigenvalue weighted by Gasteiger charge is -2.18. The van der Waals surface area contributed by atoms with Crippen molar-refractivity contribution in [2.24, 2.45) is 0 Å². The van der Waals surface area contributed by atoms with Gasteiger partial charge in [-0.3, -0.25) is 0 Å². The third-order valence-electron chi connectivity index (χ3n) is 13.7. The Kier molecular flexibility index (Phi) is 8.79. The molecule has 322 valence electrons. The van der Waals surface area contributed by atoms with E-state index in [2.05, 4.69) is 220 Å². The van der Waals surface area contributed by atoms with Gasteiger partial charge in [0.2, 0.25) is 0 Å². The van der Waals surface area contributed by atoms with Gasteiger partial charge in [0.05, 0.1) is 44.5 Å². The van der Waals surface area contributed by atoms with Crippen LogP contribution in [0.15, 0.2) is 243 Å². The predicted molar refractivity (Wildman–Crippen MR) is 285 cm³/mol. The number of hydrogen-bond acceptors (Lipinski definition) is 3. The highest BCUT2D eigenvalue weighted by Crippen LogP contribution is 2.42. The summed E-state index contributed by atoms with van der Waals surface area (Å²) < 4.78 is 7.24. The molecule has 14 aromatic rings. The molecule has 4 heterocycles. The van der Waals surface area contributed by atoms with Crippen molar-refractivity contribution >= 4 is 65.4 Å². The fourth-order valence-corrected chi connectivity index (χ4v) is 10.6. The SMILES string of the molecule is c1ccc(-c2nc(-c3ccccc3)nc(-c3ccc(-n4c5ccccc5c5ccccc54)c(-n4c5ccccc5c5ccc(-c6ccc7c(c6)c6ccccc6n7-c6ccccc6)cc54)c3)n2)cc1. The highest BCUT2D eigenvalue weighted by molar-refractivity contribution is 6.13. The summed E-state index contributed by atoms with van der Waals surface area (Å²) in [5.74, 6) is 1.85. The van der Waals surface area contributed by atoms with Crippen LogP contribution in [0.2, 0.25) is 0 Å². The van der Waals surface area contributed by atoms with Crippen LogP contribution in [0.25, 0.3) is 128 Å². The Morgan fingerprint density at radius 3 is 1.17 bits per heavy atom. The summed E-state index contributed by atoms with van der Waals surface area (Å²) >= 11 is 0. The van der Waals surface area contributed by atoms with Gasteiger partial charge in [0.15, 0.2) is 17.5 Å². The summed E-state index contributed by atoms with van der Waals surface area (Å²) in [5.41, 5.74) is 15.1. The summed E-state index contributed by atoms with van der Waals surface area (Å²) in [6.07, 6.45) is 0. The van der Waals surface area contributed by atoms with Gasteiger partial charge in [-0.15, -0.1) is 0 Å². The first-order valence-corrected chi connectivity index (χ1v) is 23.4. The molecule has 0 aliphatic carbocycles. The van der Waals surface area contributed by atoms with Gasteiger partial charge in [0, 0.05) is 54.7 Å². The van der Waals surface area contributed by atoms with Gasteiger partial charge in [0.1, 0.15) is 0 Å². The Balaban J connectivity index is 1.04.